The van der Waals surface area contributed by atoms with Gasteiger partial charge in [0.25, 0.3) is 0 Å². The SMILES string of the molecule is CN1CCCC1=NC(=Nc1cccc(Cl)c1)N1CCOCC1. The number of hydrogen-bond acceptors (Lipinski definition) is 2. The Morgan fingerprint density at radius 1 is 1.23 bits per heavy atom. The van der Waals surface area contributed by atoms with Gasteiger partial charge in [-0.2, -0.15) is 4.99 Å². The Balaban J connectivity index is 1.91. The van der Waals surface area contributed by atoms with E-state index in [-0.39, 0.29) is 0 Å². The number of aliphatic imine (C=N–C) groups is 2. The zero-order chi connectivity index (χ0) is 15.4. The van der Waals surface area contributed by atoms with Gasteiger partial charge in [0, 0.05) is 38.1 Å². The zero-order valence-electron chi connectivity index (χ0n) is 12.8. The van der Waals surface area contributed by atoms with E-state index in [1.165, 1.54) is 0 Å². The van der Waals surface area contributed by atoms with Crippen molar-refractivity contribution < 1.29 is 4.74 Å². The van der Waals surface area contributed by atoms with Crippen molar-refractivity contribution >= 4 is 29.1 Å². The van der Waals surface area contributed by atoms with Gasteiger partial charge in [-0.15, -0.1) is 0 Å². The number of rotatable bonds is 1. The van der Waals surface area contributed by atoms with Gasteiger partial charge < -0.3 is 14.5 Å². The molecule has 0 radical (unpaired) electrons. The van der Waals surface area contributed by atoms with E-state index in [4.69, 9.17) is 26.3 Å². The molecule has 22 heavy (non-hydrogen) atoms. The molecule has 2 fully saturated rings. The van der Waals surface area contributed by atoms with Crippen molar-refractivity contribution in [2.75, 3.05) is 39.9 Å². The number of likely N-dealkylation sites (tertiary alicyclic amines) is 1. The second-order valence-corrected chi connectivity index (χ2v) is 5.98. The maximum absolute atomic E-state index is 6.06. The first-order chi connectivity index (χ1) is 10.7. The fourth-order valence-corrected chi connectivity index (χ4v) is 2.83. The van der Waals surface area contributed by atoms with Crippen LogP contribution in [0.4, 0.5) is 5.69 Å². The largest absolute Gasteiger partial charge is 0.378 e. The summed E-state index contributed by atoms with van der Waals surface area (Å²) in [5.41, 5.74) is 0.832. The maximum Gasteiger partial charge on any atom is 0.227 e. The molecule has 6 heteroatoms. The minimum Gasteiger partial charge on any atom is -0.378 e. The summed E-state index contributed by atoms with van der Waals surface area (Å²) in [6.07, 6.45) is 2.16. The first-order valence-corrected chi connectivity index (χ1v) is 8.06. The predicted octanol–water partition coefficient (Wildman–Crippen LogP) is 2.78. The van der Waals surface area contributed by atoms with Gasteiger partial charge in [-0.1, -0.05) is 17.7 Å². The molecule has 0 aliphatic carbocycles. The molecule has 2 aliphatic heterocycles. The van der Waals surface area contributed by atoms with E-state index < -0.39 is 0 Å². The average Bonchev–Trinajstić information content (AvgIpc) is 2.93. The highest BCUT2D eigenvalue weighted by molar-refractivity contribution is 6.30. The van der Waals surface area contributed by atoms with E-state index in [2.05, 4.69) is 16.8 Å². The molecule has 0 N–H and O–H groups in total. The van der Waals surface area contributed by atoms with Crippen molar-refractivity contribution in [2.45, 2.75) is 12.8 Å². The van der Waals surface area contributed by atoms with Crippen LogP contribution in [0, 0.1) is 0 Å². The standard InChI is InChI=1S/C16H21ClN4O/c1-20-7-3-6-15(20)19-16(21-8-10-22-11-9-21)18-14-5-2-4-13(17)12-14/h2,4-5,12H,3,6-11H2,1H3. The third kappa shape index (κ3) is 3.78. The normalized spacial score (nSPS) is 21.7. The van der Waals surface area contributed by atoms with Crippen molar-refractivity contribution in [3.05, 3.63) is 29.3 Å². The molecule has 2 aliphatic rings. The molecule has 2 heterocycles. The highest BCUT2D eigenvalue weighted by Gasteiger charge is 2.19. The van der Waals surface area contributed by atoms with E-state index >= 15 is 0 Å². The Morgan fingerprint density at radius 2 is 2.05 bits per heavy atom. The van der Waals surface area contributed by atoms with Crippen molar-refractivity contribution in [3.8, 4) is 0 Å². The smallest absolute Gasteiger partial charge is 0.227 e. The van der Waals surface area contributed by atoms with Gasteiger partial charge in [0.1, 0.15) is 5.84 Å². The zero-order valence-corrected chi connectivity index (χ0v) is 13.6. The Kier molecular flexibility index (Phi) is 4.95. The summed E-state index contributed by atoms with van der Waals surface area (Å²) in [6, 6.07) is 7.57. The molecule has 0 bridgehead atoms. The predicted molar refractivity (Wildman–Crippen MR) is 90.2 cm³/mol. The van der Waals surface area contributed by atoms with Gasteiger partial charge in [0.15, 0.2) is 0 Å². The van der Waals surface area contributed by atoms with Crippen LogP contribution in [-0.4, -0.2) is 61.5 Å². The minimum absolute atomic E-state index is 0.688. The number of guanidine groups is 1. The molecule has 0 aromatic heterocycles. The number of hydrogen-bond donors (Lipinski definition) is 0. The van der Waals surface area contributed by atoms with Crippen LogP contribution in [0.1, 0.15) is 12.8 Å². The maximum atomic E-state index is 6.06. The van der Waals surface area contributed by atoms with Crippen LogP contribution in [0.2, 0.25) is 5.02 Å². The van der Waals surface area contributed by atoms with Gasteiger partial charge >= 0.3 is 0 Å². The highest BCUT2D eigenvalue weighted by Crippen LogP contribution is 2.20. The molecule has 0 unspecified atom stereocenters. The van der Waals surface area contributed by atoms with Crippen LogP contribution in [0.3, 0.4) is 0 Å². The molecule has 2 saturated heterocycles. The lowest BCUT2D eigenvalue weighted by molar-refractivity contribution is 0.0676. The molecule has 0 saturated carbocycles. The van der Waals surface area contributed by atoms with Gasteiger partial charge in [0.2, 0.25) is 5.96 Å². The topological polar surface area (TPSA) is 40.4 Å². The Morgan fingerprint density at radius 3 is 2.73 bits per heavy atom. The number of halogens is 1. The van der Waals surface area contributed by atoms with E-state index in [0.29, 0.717) is 5.02 Å². The van der Waals surface area contributed by atoms with Crippen molar-refractivity contribution in [3.63, 3.8) is 0 Å². The summed E-state index contributed by atoms with van der Waals surface area (Å²) in [6.45, 7) is 4.14. The van der Waals surface area contributed by atoms with Crippen molar-refractivity contribution in [1.29, 1.82) is 0 Å². The molecule has 1 aromatic carbocycles. The lowest BCUT2D eigenvalue weighted by Crippen LogP contribution is -2.40. The summed E-state index contributed by atoms with van der Waals surface area (Å²) >= 11 is 6.06. The fourth-order valence-electron chi connectivity index (χ4n) is 2.64. The van der Waals surface area contributed by atoms with E-state index in [0.717, 1.165) is 63.2 Å². The third-order valence-corrected chi connectivity index (χ3v) is 4.13. The lowest BCUT2D eigenvalue weighted by Gasteiger charge is -2.28. The van der Waals surface area contributed by atoms with Gasteiger partial charge in [0.05, 0.1) is 18.9 Å². The summed E-state index contributed by atoms with van der Waals surface area (Å²) in [4.78, 5) is 13.9. The second kappa shape index (κ2) is 7.11. The molecule has 0 atom stereocenters. The summed E-state index contributed by atoms with van der Waals surface area (Å²) in [5, 5.41) is 0.688. The quantitative estimate of drug-likeness (QED) is 0.590. The van der Waals surface area contributed by atoms with Crippen molar-refractivity contribution in [1.82, 2.24) is 9.80 Å². The molecular formula is C16H21ClN4O. The van der Waals surface area contributed by atoms with E-state index in [9.17, 15) is 0 Å². The molecule has 1 aromatic rings. The van der Waals surface area contributed by atoms with Crippen LogP contribution in [0.25, 0.3) is 0 Å². The van der Waals surface area contributed by atoms with Crippen LogP contribution in [0.15, 0.2) is 34.3 Å². The highest BCUT2D eigenvalue weighted by atomic mass is 35.5. The molecule has 0 amide bonds. The Labute approximate surface area is 136 Å². The Hall–Kier alpha value is -1.59. The van der Waals surface area contributed by atoms with Crippen LogP contribution >= 0.6 is 11.6 Å². The fraction of sp³-hybridized carbons (Fsp3) is 0.500. The second-order valence-electron chi connectivity index (χ2n) is 5.54. The molecule has 5 nitrogen and oxygen atoms in total. The number of amidine groups is 1. The number of morpholine rings is 1. The van der Waals surface area contributed by atoms with Crippen molar-refractivity contribution in [2.24, 2.45) is 9.98 Å². The van der Waals surface area contributed by atoms with Gasteiger partial charge in [-0.3, -0.25) is 0 Å². The molecule has 3 rings (SSSR count). The third-order valence-electron chi connectivity index (χ3n) is 3.89. The van der Waals surface area contributed by atoms with Crippen LogP contribution in [0.5, 0.6) is 0 Å². The van der Waals surface area contributed by atoms with Gasteiger partial charge in [-0.05, 0) is 24.6 Å². The minimum atomic E-state index is 0.688. The number of ether oxygens (including phenoxy) is 1. The summed E-state index contributed by atoms with van der Waals surface area (Å²) in [7, 11) is 2.09. The Bertz CT molecular complexity index is 581. The van der Waals surface area contributed by atoms with Crippen LogP contribution in [-0.2, 0) is 4.74 Å². The monoisotopic (exact) mass is 320 g/mol. The van der Waals surface area contributed by atoms with E-state index in [1.54, 1.807) is 0 Å². The summed E-state index contributed by atoms with van der Waals surface area (Å²) in [5.74, 6) is 1.86. The average molecular weight is 321 g/mol. The molecule has 0 spiro atoms. The van der Waals surface area contributed by atoms with Gasteiger partial charge in [-0.25, -0.2) is 4.99 Å². The van der Waals surface area contributed by atoms with E-state index in [1.807, 2.05) is 24.3 Å². The lowest BCUT2D eigenvalue weighted by atomic mass is 10.3. The first kappa shape index (κ1) is 15.3. The number of benzene rings is 1. The van der Waals surface area contributed by atoms with Crippen LogP contribution < -0.4 is 0 Å². The number of nitrogens with zero attached hydrogens (tertiary/aromatic N) is 4. The summed E-state index contributed by atoms with van der Waals surface area (Å²) < 4.78 is 5.43. The first-order valence-electron chi connectivity index (χ1n) is 7.68. The molecular weight excluding hydrogens is 300 g/mol. The molecule has 118 valence electrons.